The predicted molar refractivity (Wildman–Crippen MR) is 91.6 cm³/mol. The quantitative estimate of drug-likeness (QED) is 0.125. The van der Waals surface area contributed by atoms with E-state index < -0.39 is 81.5 Å². The van der Waals surface area contributed by atoms with Gasteiger partial charge in [0.05, 0.1) is 6.61 Å². The number of nitrogens with two attached hydrogens (primary N) is 1. The molecular formula is C13H22N3O12P. The molecule has 1 amide bonds. The van der Waals surface area contributed by atoms with Crippen molar-refractivity contribution < 1.29 is 58.4 Å². The van der Waals surface area contributed by atoms with Crippen LogP contribution in [0.25, 0.3) is 0 Å². The van der Waals surface area contributed by atoms with E-state index in [4.69, 9.17) is 26.2 Å². The van der Waals surface area contributed by atoms with Crippen LogP contribution in [0.1, 0.15) is 25.7 Å². The Morgan fingerprint density at radius 1 is 0.897 bits per heavy atom. The highest BCUT2D eigenvalue weighted by atomic mass is 31.2. The fourth-order valence-electron chi connectivity index (χ4n) is 1.77. The van der Waals surface area contributed by atoms with Crippen LogP contribution in [-0.2, 0) is 33.1 Å². The van der Waals surface area contributed by atoms with Gasteiger partial charge in [0.15, 0.2) is 6.04 Å². The first kappa shape index (κ1) is 26.4. The summed E-state index contributed by atoms with van der Waals surface area (Å²) in [5.41, 5.74) is 5.20. The fraction of sp³-hybridized carbons (Fsp3) is 0.615. The molecule has 0 aromatic rings. The molecule has 16 heteroatoms. The van der Waals surface area contributed by atoms with Crippen LogP contribution in [0.2, 0.25) is 0 Å². The maximum atomic E-state index is 11.9. The lowest BCUT2D eigenvalue weighted by atomic mass is 10.1. The van der Waals surface area contributed by atoms with E-state index in [2.05, 4.69) is 4.52 Å². The molecule has 4 atom stereocenters. The predicted octanol–water partition coefficient (Wildman–Crippen LogP) is -2.23. The van der Waals surface area contributed by atoms with Crippen LogP contribution in [0.15, 0.2) is 0 Å². The molecule has 0 fully saturated rings. The first-order valence-electron chi connectivity index (χ1n) is 7.95. The van der Waals surface area contributed by atoms with Gasteiger partial charge in [-0.1, -0.05) is 0 Å². The zero-order chi connectivity index (χ0) is 22.8. The van der Waals surface area contributed by atoms with Crippen molar-refractivity contribution in [2.45, 2.75) is 43.8 Å². The molecule has 0 aliphatic rings. The van der Waals surface area contributed by atoms with Gasteiger partial charge in [-0.3, -0.25) is 23.7 Å². The normalized spacial score (nSPS) is 16.1. The molecule has 166 valence electrons. The molecule has 0 rings (SSSR count). The second kappa shape index (κ2) is 12.1. The van der Waals surface area contributed by atoms with Crippen molar-refractivity contribution in [1.82, 2.24) is 10.4 Å². The first-order valence-corrected chi connectivity index (χ1v) is 9.53. The Labute approximate surface area is 163 Å². The molecule has 9 N–H and O–H groups in total. The molecule has 29 heavy (non-hydrogen) atoms. The molecule has 15 nitrogen and oxygen atoms in total. The largest absolute Gasteiger partial charge is 0.481 e. The van der Waals surface area contributed by atoms with Crippen molar-refractivity contribution in [3.05, 3.63) is 0 Å². The molecule has 0 aromatic carbocycles. The lowest BCUT2D eigenvalue weighted by molar-refractivity contribution is -0.143. The Bertz CT molecular complexity index is 684. The van der Waals surface area contributed by atoms with Crippen LogP contribution < -0.4 is 16.1 Å². The second-order valence-corrected chi connectivity index (χ2v) is 7.27. The first-order chi connectivity index (χ1) is 13.2. The van der Waals surface area contributed by atoms with Crippen LogP contribution in [0.5, 0.6) is 0 Å². The number of hydrogen-bond donors (Lipinski definition) is 8. The van der Waals surface area contributed by atoms with Crippen LogP contribution in [0.3, 0.4) is 0 Å². The highest BCUT2D eigenvalue weighted by Crippen LogP contribution is 2.38. The summed E-state index contributed by atoms with van der Waals surface area (Å²) in [5.74, 6) is -6.91. The Morgan fingerprint density at radius 2 is 1.45 bits per heavy atom. The summed E-state index contributed by atoms with van der Waals surface area (Å²) < 4.78 is 16.4. The van der Waals surface area contributed by atoms with Crippen molar-refractivity contribution in [2.24, 2.45) is 5.73 Å². The Kier molecular flexibility index (Phi) is 11.0. The summed E-state index contributed by atoms with van der Waals surface area (Å²) in [6, 6.07) is -4.92. The average Bonchev–Trinajstić information content (AvgIpc) is 2.59. The standard InChI is InChI=1S/C13H22N3O12P/c14-6(11(20)21)1-3-9(17)15-8(13(24)25)5-28-29(26,27)16-7(12(22)23)2-4-10(18)19/h6-8H,1-5,14H2,(H,15,17)(H,18,19)(H,20,21)(H,22,23)(H,24,25)(H2,16,26,27)/t6-,7-,8?/m0/s1. The number of carbonyl (C=O) groups is 5. The van der Waals surface area contributed by atoms with Crippen molar-refractivity contribution >= 4 is 37.5 Å². The summed E-state index contributed by atoms with van der Waals surface area (Å²) in [6.45, 7) is -1.04. The lowest BCUT2D eigenvalue weighted by Crippen LogP contribution is -2.45. The van der Waals surface area contributed by atoms with Crippen molar-refractivity contribution in [1.29, 1.82) is 0 Å². The molecule has 2 unspecified atom stereocenters. The van der Waals surface area contributed by atoms with Gasteiger partial charge in [0, 0.05) is 12.8 Å². The van der Waals surface area contributed by atoms with Crippen molar-refractivity contribution in [3.63, 3.8) is 0 Å². The number of carboxylic acid groups (broad SMARTS) is 4. The van der Waals surface area contributed by atoms with E-state index in [0.29, 0.717) is 0 Å². The van der Waals surface area contributed by atoms with Gasteiger partial charge < -0.3 is 36.4 Å². The van der Waals surface area contributed by atoms with Gasteiger partial charge in [-0.15, -0.1) is 0 Å². The van der Waals surface area contributed by atoms with Crippen molar-refractivity contribution in [2.75, 3.05) is 6.61 Å². The van der Waals surface area contributed by atoms with E-state index in [-0.39, 0.29) is 6.42 Å². The minimum Gasteiger partial charge on any atom is -0.481 e. The van der Waals surface area contributed by atoms with Crippen LogP contribution in [0.4, 0.5) is 0 Å². The molecule has 0 saturated carbocycles. The topological polar surface area (TPSA) is 263 Å². The summed E-state index contributed by atoms with van der Waals surface area (Å²) in [4.78, 5) is 64.5. The summed E-state index contributed by atoms with van der Waals surface area (Å²) in [5, 5.41) is 38.7. The maximum Gasteiger partial charge on any atom is 0.403 e. The number of aliphatic carboxylic acids is 4. The minimum atomic E-state index is -4.88. The molecule has 0 aliphatic heterocycles. The zero-order valence-corrected chi connectivity index (χ0v) is 15.8. The van der Waals surface area contributed by atoms with Crippen molar-refractivity contribution in [3.8, 4) is 0 Å². The number of nitrogens with one attached hydrogen (secondary N) is 2. The SMILES string of the molecule is N[C@@H](CCC(=O)NC(COP(=O)(O)N[C@@H](CCC(=O)O)C(=O)O)C(=O)O)C(=O)O. The molecule has 0 spiro atoms. The van der Waals surface area contributed by atoms with E-state index in [9.17, 15) is 33.4 Å². The minimum absolute atomic E-state index is 0.293. The van der Waals surface area contributed by atoms with E-state index in [1.807, 2.05) is 5.32 Å². The van der Waals surface area contributed by atoms with Gasteiger partial charge in [0.25, 0.3) is 0 Å². The van der Waals surface area contributed by atoms with Gasteiger partial charge in [0.1, 0.15) is 12.1 Å². The fourth-order valence-corrected chi connectivity index (χ4v) is 2.83. The van der Waals surface area contributed by atoms with Gasteiger partial charge >= 0.3 is 31.6 Å². The summed E-state index contributed by atoms with van der Waals surface area (Å²) in [7, 11) is -4.88. The molecule has 0 saturated heterocycles. The summed E-state index contributed by atoms with van der Waals surface area (Å²) >= 11 is 0. The molecule has 0 radical (unpaired) electrons. The number of amides is 1. The van der Waals surface area contributed by atoms with Crippen LogP contribution in [-0.4, -0.2) is 79.8 Å². The number of hydrogen-bond acceptors (Lipinski definition) is 8. The van der Waals surface area contributed by atoms with Gasteiger partial charge in [-0.05, 0) is 12.8 Å². The zero-order valence-electron chi connectivity index (χ0n) is 14.9. The average molecular weight is 443 g/mol. The maximum absolute atomic E-state index is 11.9. The Balaban J connectivity index is 4.79. The van der Waals surface area contributed by atoms with E-state index in [1.165, 1.54) is 0 Å². The highest BCUT2D eigenvalue weighted by molar-refractivity contribution is 7.50. The Hall–Kier alpha value is -2.58. The van der Waals surface area contributed by atoms with Crippen LogP contribution >= 0.6 is 7.75 Å². The van der Waals surface area contributed by atoms with E-state index in [0.717, 1.165) is 0 Å². The molecule has 0 heterocycles. The third kappa shape index (κ3) is 11.8. The lowest BCUT2D eigenvalue weighted by Gasteiger charge is -2.21. The molecule has 0 aliphatic carbocycles. The third-order valence-electron chi connectivity index (χ3n) is 3.31. The number of carbonyl (C=O) groups excluding carboxylic acids is 1. The summed E-state index contributed by atoms with van der Waals surface area (Å²) in [6.07, 6.45) is -1.92. The number of carboxylic acids is 4. The van der Waals surface area contributed by atoms with Gasteiger partial charge in [-0.25, -0.2) is 14.4 Å². The van der Waals surface area contributed by atoms with Crippen LogP contribution in [0, 0.1) is 0 Å². The molecule has 0 bridgehead atoms. The van der Waals surface area contributed by atoms with Gasteiger partial charge in [-0.2, -0.15) is 0 Å². The van der Waals surface area contributed by atoms with Gasteiger partial charge in [0.2, 0.25) is 5.91 Å². The Morgan fingerprint density at radius 3 is 1.90 bits per heavy atom. The molecular weight excluding hydrogens is 421 g/mol. The van der Waals surface area contributed by atoms with E-state index >= 15 is 0 Å². The molecule has 0 aromatic heterocycles. The number of rotatable bonds is 15. The monoisotopic (exact) mass is 443 g/mol. The second-order valence-electron chi connectivity index (χ2n) is 5.71. The third-order valence-corrected chi connectivity index (χ3v) is 4.45. The highest BCUT2D eigenvalue weighted by Gasteiger charge is 2.31. The smallest absolute Gasteiger partial charge is 0.403 e. The van der Waals surface area contributed by atoms with E-state index in [1.54, 1.807) is 5.09 Å².